The van der Waals surface area contributed by atoms with Crippen LogP contribution in [-0.2, 0) is 0 Å². The summed E-state index contributed by atoms with van der Waals surface area (Å²) in [6.07, 6.45) is 7.47. The molecule has 0 atom stereocenters. The Labute approximate surface area is 154 Å². The van der Waals surface area contributed by atoms with Crippen LogP contribution < -0.4 is 0 Å². The Balaban J connectivity index is 2.10. The van der Waals surface area contributed by atoms with Crippen LogP contribution in [0.25, 0.3) is 11.1 Å². The molecule has 0 aromatic heterocycles. The maximum atomic E-state index is 11.5. The van der Waals surface area contributed by atoms with Crippen molar-refractivity contribution in [2.75, 3.05) is 0 Å². The van der Waals surface area contributed by atoms with Crippen LogP contribution in [0.15, 0.2) is 39.3 Å². The first-order valence-corrected chi connectivity index (χ1v) is 9.74. The van der Waals surface area contributed by atoms with Crippen LogP contribution in [-0.4, -0.2) is 6.29 Å². The van der Waals surface area contributed by atoms with Gasteiger partial charge in [-0.1, -0.05) is 57.2 Å². The Morgan fingerprint density at radius 3 is 2.43 bits per heavy atom. The monoisotopic (exact) mass is 434 g/mol. The van der Waals surface area contributed by atoms with Crippen molar-refractivity contribution >= 4 is 38.1 Å². The van der Waals surface area contributed by atoms with Crippen LogP contribution >= 0.6 is 31.9 Å². The van der Waals surface area contributed by atoms with Crippen molar-refractivity contribution in [3.8, 4) is 11.1 Å². The molecule has 0 bridgehead atoms. The Bertz CT molecular complexity index is 731. The lowest BCUT2D eigenvalue weighted by Gasteiger charge is -2.24. The molecule has 3 heteroatoms. The molecular formula is C20H20Br2O. The minimum Gasteiger partial charge on any atom is -0.298 e. The fourth-order valence-corrected chi connectivity index (χ4v) is 4.74. The second-order valence-electron chi connectivity index (χ2n) is 6.37. The molecular weight excluding hydrogens is 416 g/mol. The zero-order valence-electron chi connectivity index (χ0n) is 13.2. The van der Waals surface area contributed by atoms with Crippen LogP contribution in [0.5, 0.6) is 0 Å². The minimum atomic E-state index is 0.632. The number of aryl methyl sites for hydroxylation is 1. The molecule has 23 heavy (non-hydrogen) atoms. The molecule has 1 fully saturated rings. The quantitative estimate of drug-likeness (QED) is 0.472. The predicted octanol–water partition coefficient (Wildman–Crippen LogP) is 7.05. The summed E-state index contributed by atoms with van der Waals surface area (Å²) >= 11 is 7.21. The fraction of sp³-hybridized carbons (Fsp3) is 0.350. The van der Waals surface area contributed by atoms with Crippen LogP contribution in [0.2, 0.25) is 0 Å². The summed E-state index contributed by atoms with van der Waals surface area (Å²) in [6, 6.07) is 10.4. The molecule has 0 heterocycles. The number of benzene rings is 2. The van der Waals surface area contributed by atoms with E-state index in [1.165, 1.54) is 53.3 Å². The highest BCUT2D eigenvalue weighted by Gasteiger charge is 2.20. The van der Waals surface area contributed by atoms with Gasteiger partial charge in [-0.05, 0) is 72.2 Å². The molecule has 0 amide bonds. The van der Waals surface area contributed by atoms with Gasteiger partial charge in [0.25, 0.3) is 0 Å². The van der Waals surface area contributed by atoms with Gasteiger partial charge in [-0.15, -0.1) is 0 Å². The molecule has 0 N–H and O–H groups in total. The van der Waals surface area contributed by atoms with E-state index in [-0.39, 0.29) is 0 Å². The minimum absolute atomic E-state index is 0.632. The molecule has 0 unspecified atom stereocenters. The first-order chi connectivity index (χ1) is 11.1. The molecule has 1 aliphatic carbocycles. The van der Waals surface area contributed by atoms with Gasteiger partial charge in [0.15, 0.2) is 6.29 Å². The number of carbonyl (C=O) groups excluding carboxylic acids is 1. The SMILES string of the molecule is Cc1cc(Br)c(C2CCCCC2)cc1-c1ccc(Br)cc1C=O. The molecule has 2 aromatic rings. The normalized spacial score (nSPS) is 15.6. The molecule has 1 aliphatic rings. The lowest BCUT2D eigenvalue weighted by Crippen LogP contribution is -2.06. The number of aldehydes is 1. The van der Waals surface area contributed by atoms with Crippen LogP contribution in [0.1, 0.15) is 59.5 Å². The largest absolute Gasteiger partial charge is 0.298 e. The van der Waals surface area contributed by atoms with Gasteiger partial charge in [0.05, 0.1) is 0 Å². The first kappa shape index (κ1) is 16.9. The smallest absolute Gasteiger partial charge is 0.150 e. The van der Waals surface area contributed by atoms with Crippen LogP contribution in [0.4, 0.5) is 0 Å². The summed E-state index contributed by atoms with van der Waals surface area (Å²) in [5.41, 5.74) is 5.51. The van der Waals surface area contributed by atoms with Gasteiger partial charge in [0, 0.05) is 14.5 Å². The number of hydrogen-bond acceptors (Lipinski definition) is 1. The van der Waals surface area contributed by atoms with Crippen molar-refractivity contribution in [2.45, 2.75) is 44.9 Å². The zero-order valence-corrected chi connectivity index (χ0v) is 16.4. The molecule has 1 nitrogen and oxygen atoms in total. The average molecular weight is 436 g/mol. The van der Waals surface area contributed by atoms with E-state index in [9.17, 15) is 4.79 Å². The van der Waals surface area contributed by atoms with E-state index in [0.29, 0.717) is 5.92 Å². The van der Waals surface area contributed by atoms with Crippen molar-refractivity contribution < 1.29 is 4.79 Å². The number of carbonyl (C=O) groups is 1. The Kier molecular flexibility index (Phi) is 5.38. The Morgan fingerprint density at radius 1 is 1.00 bits per heavy atom. The van der Waals surface area contributed by atoms with E-state index in [0.717, 1.165) is 21.9 Å². The van der Waals surface area contributed by atoms with E-state index in [1.807, 2.05) is 18.2 Å². The lowest BCUT2D eigenvalue weighted by atomic mass is 9.82. The van der Waals surface area contributed by atoms with E-state index in [2.05, 4.69) is 50.9 Å². The van der Waals surface area contributed by atoms with E-state index in [4.69, 9.17) is 0 Å². The van der Waals surface area contributed by atoms with Crippen molar-refractivity contribution in [3.63, 3.8) is 0 Å². The van der Waals surface area contributed by atoms with Gasteiger partial charge in [-0.2, -0.15) is 0 Å². The third kappa shape index (κ3) is 3.61. The summed E-state index contributed by atoms with van der Waals surface area (Å²) < 4.78 is 2.14. The Hall–Kier alpha value is -0.930. The van der Waals surface area contributed by atoms with Crippen LogP contribution in [0.3, 0.4) is 0 Å². The van der Waals surface area contributed by atoms with Gasteiger partial charge in [0.1, 0.15) is 0 Å². The van der Waals surface area contributed by atoms with Crippen molar-refractivity contribution in [1.82, 2.24) is 0 Å². The number of halogens is 2. The van der Waals surface area contributed by atoms with E-state index >= 15 is 0 Å². The summed E-state index contributed by atoms with van der Waals surface area (Å²) in [5, 5.41) is 0. The van der Waals surface area contributed by atoms with Crippen molar-refractivity contribution in [2.24, 2.45) is 0 Å². The lowest BCUT2D eigenvalue weighted by molar-refractivity contribution is 0.112. The average Bonchev–Trinajstić information content (AvgIpc) is 2.56. The van der Waals surface area contributed by atoms with Crippen LogP contribution in [0, 0.1) is 6.92 Å². The standard InChI is InChI=1S/C20H20Br2O/c1-13-9-20(22)19(14-5-3-2-4-6-14)11-18(13)17-8-7-16(21)10-15(17)12-23/h7-12,14H,2-6H2,1H3. The molecule has 0 radical (unpaired) electrons. The summed E-state index contributed by atoms with van der Waals surface area (Å²) in [4.78, 5) is 11.5. The molecule has 3 rings (SSSR count). The van der Waals surface area contributed by atoms with Gasteiger partial charge in [0.2, 0.25) is 0 Å². The molecule has 1 saturated carbocycles. The molecule has 0 aliphatic heterocycles. The highest BCUT2D eigenvalue weighted by Crippen LogP contribution is 2.40. The summed E-state index contributed by atoms with van der Waals surface area (Å²) in [7, 11) is 0. The van der Waals surface area contributed by atoms with Gasteiger partial charge in [-0.3, -0.25) is 4.79 Å². The molecule has 0 spiro atoms. The maximum Gasteiger partial charge on any atom is 0.150 e. The van der Waals surface area contributed by atoms with Crippen molar-refractivity contribution in [3.05, 3.63) is 56.0 Å². The first-order valence-electron chi connectivity index (χ1n) is 8.15. The van der Waals surface area contributed by atoms with E-state index < -0.39 is 0 Å². The van der Waals surface area contributed by atoms with E-state index in [1.54, 1.807) is 0 Å². The molecule has 2 aromatic carbocycles. The molecule has 0 saturated heterocycles. The number of hydrogen-bond donors (Lipinski definition) is 0. The zero-order chi connectivity index (χ0) is 16.4. The van der Waals surface area contributed by atoms with Crippen molar-refractivity contribution in [1.29, 1.82) is 0 Å². The topological polar surface area (TPSA) is 17.1 Å². The van der Waals surface area contributed by atoms with Gasteiger partial charge < -0.3 is 0 Å². The second-order valence-corrected chi connectivity index (χ2v) is 8.14. The maximum absolute atomic E-state index is 11.5. The third-order valence-electron chi connectivity index (χ3n) is 4.82. The highest BCUT2D eigenvalue weighted by atomic mass is 79.9. The van der Waals surface area contributed by atoms with Gasteiger partial charge >= 0.3 is 0 Å². The highest BCUT2D eigenvalue weighted by molar-refractivity contribution is 9.10. The summed E-state index contributed by atoms with van der Waals surface area (Å²) in [6.45, 7) is 2.11. The summed E-state index contributed by atoms with van der Waals surface area (Å²) in [5.74, 6) is 0.632. The molecule has 120 valence electrons. The third-order valence-corrected chi connectivity index (χ3v) is 6.00. The second kappa shape index (κ2) is 7.31. The predicted molar refractivity (Wildman–Crippen MR) is 103 cm³/mol. The Morgan fingerprint density at radius 2 is 1.74 bits per heavy atom. The fourth-order valence-electron chi connectivity index (χ4n) is 3.58. The number of rotatable bonds is 3. The van der Waals surface area contributed by atoms with Gasteiger partial charge in [-0.25, -0.2) is 0 Å².